The molecule has 0 unspecified atom stereocenters. The average molecular weight is 569 g/mol. The predicted octanol–water partition coefficient (Wildman–Crippen LogP) is 5.19. The molecule has 202 valence electrons. The van der Waals surface area contributed by atoms with E-state index < -0.39 is 28.5 Å². The predicted molar refractivity (Wildman–Crippen MR) is 149 cm³/mol. The second-order valence-corrected chi connectivity index (χ2v) is 12.1. The number of halogens is 2. The van der Waals surface area contributed by atoms with Crippen LogP contribution < -0.4 is 9.62 Å². The summed E-state index contributed by atoms with van der Waals surface area (Å²) < 4.78 is 26.6. The molecule has 7 nitrogen and oxygen atoms in total. The number of sulfonamides is 1. The van der Waals surface area contributed by atoms with Gasteiger partial charge in [-0.2, -0.15) is 0 Å². The minimum absolute atomic E-state index is 0.0275. The lowest BCUT2D eigenvalue weighted by Gasteiger charge is -2.33. The molecule has 0 aliphatic heterocycles. The number of hydrogen-bond acceptors (Lipinski definition) is 4. The van der Waals surface area contributed by atoms with E-state index in [2.05, 4.69) is 5.32 Å². The fourth-order valence-electron chi connectivity index (χ4n) is 4.65. The summed E-state index contributed by atoms with van der Waals surface area (Å²) >= 11 is 12.8. The average Bonchev–Trinajstić information content (AvgIpc) is 3.36. The Morgan fingerprint density at radius 1 is 1.03 bits per heavy atom. The molecule has 0 radical (unpaired) electrons. The first-order valence-corrected chi connectivity index (χ1v) is 15.2. The summed E-state index contributed by atoms with van der Waals surface area (Å²) in [6.45, 7) is 3.34. The van der Waals surface area contributed by atoms with Crippen molar-refractivity contribution < 1.29 is 18.0 Å². The van der Waals surface area contributed by atoms with E-state index in [0.717, 1.165) is 48.2 Å². The Bertz CT molecular complexity index is 1180. The Morgan fingerprint density at radius 3 is 2.14 bits per heavy atom. The molecule has 1 fully saturated rings. The van der Waals surface area contributed by atoms with Gasteiger partial charge in [0.25, 0.3) is 0 Å². The Morgan fingerprint density at radius 2 is 1.62 bits per heavy atom. The monoisotopic (exact) mass is 567 g/mol. The molecular weight excluding hydrogens is 533 g/mol. The molecule has 3 rings (SSSR count). The van der Waals surface area contributed by atoms with Gasteiger partial charge < -0.3 is 10.2 Å². The summed E-state index contributed by atoms with van der Waals surface area (Å²) in [5, 5.41) is 3.81. The number of hydrogen-bond donors (Lipinski definition) is 1. The molecule has 0 heterocycles. The van der Waals surface area contributed by atoms with Crippen LogP contribution in [0.15, 0.2) is 42.5 Å². The minimum atomic E-state index is -3.79. The van der Waals surface area contributed by atoms with Crippen molar-refractivity contribution in [1.29, 1.82) is 0 Å². The summed E-state index contributed by atoms with van der Waals surface area (Å²) in [5.74, 6) is -0.779. The number of amides is 2. The summed E-state index contributed by atoms with van der Waals surface area (Å²) in [7, 11) is -3.79. The molecule has 1 N–H and O–H groups in total. The molecule has 2 aromatic rings. The normalized spacial score (nSPS) is 14.8. The highest BCUT2D eigenvalue weighted by molar-refractivity contribution is 7.92. The third kappa shape index (κ3) is 7.62. The number of carbonyl (C=O) groups is 2. The summed E-state index contributed by atoms with van der Waals surface area (Å²) in [5.41, 5.74) is 1.94. The smallest absolute Gasteiger partial charge is 0.244 e. The number of rotatable bonds is 11. The molecule has 2 amide bonds. The van der Waals surface area contributed by atoms with E-state index in [-0.39, 0.29) is 18.5 Å². The lowest BCUT2D eigenvalue weighted by Crippen LogP contribution is -2.53. The zero-order chi connectivity index (χ0) is 27.2. The summed E-state index contributed by atoms with van der Waals surface area (Å²) in [4.78, 5) is 28.6. The minimum Gasteiger partial charge on any atom is -0.352 e. The number of benzene rings is 2. The van der Waals surface area contributed by atoms with Gasteiger partial charge in [-0.15, -0.1) is 0 Å². The van der Waals surface area contributed by atoms with Crippen molar-refractivity contribution in [3.8, 4) is 0 Å². The van der Waals surface area contributed by atoms with Crippen molar-refractivity contribution in [2.24, 2.45) is 0 Å². The largest absolute Gasteiger partial charge is 0.352 e. The Kier molecular flexibility index (Phi) is 10.3. The lowest BCUT2D eigenvalue weighted by atomic mass is 10.1. The molecule has 1 saturated carbocycles. The quantitative estimate of drug-likeness (QED) is 0.405. The summed E-state index contributed by atoms with van der Waals surface area (Å²) in [6, 6.07) is 11.4. The van der Waals surface area contributed by atoms with Crippen LogP contribution in [0.2, 0.25) is 10.0 Å². The lowest BCUT2D eigenvalue weighted by molar-refractivity contribution is -0.140. The fourth-order valence-corrected chi connectivity index (χ4v) is 6.02. The summed E-state index contributed by atoms with van der Waals surface area (Å²) in [6.07, 6.45) is 6.13. The second-order valence-electron chi connectivity index (χ2n) is 9.43. The van der Waals surface area contributed by atoms with Gasteiger partial charge in [-0.3, -0.25) is 13.9 Å². The van der Waals surface area contributed by atoms with Crippen molar-refractivity contribution in [2.45, 2.75) is 71.0 Å². The van der Waals surface area contributed by atoms with Gasteiger partial charge in [-0.25, -0.2) is 8.42 Å². The van der Waals surface area contributed by atoms with Crippen molar-refractivity contribution in [2.75, 3.05) is 17.1 Å². The molecule has 1 aliphatic carbocycles. The van der Waals surface area contributed by atoms with Crippen LogP contribution in [0.3, 0.4) is 0 Å². The van der Waals surface area contributed by atoms with E-state index in [9.17, 15) is 18.0 Å². The maximum Gasteiger partial charge on any atom is 0.244 e. The Labute approximate surface area is 230 Å². The highest BCUT2D eigenvalue weighted by Crippen LogP contribution is 2.28. The third-order valence-corrected chi connectivity index (χ3v) is 8.64. The van der Waals surface area contributed by atoms with E-state index in [0.29, 0.717) is 27.7 Å². The van der Waals surface area contributed by atoms with E-state index in [1.807, 2.05) is 26.0 Å². The number of nitrogens with one attached hydrogen (secondary N) is 1. The maximum atomic E-state index is 13.8. The molecule has 1 aliphatic rings. The van der Waals surface area contributed by atoms with Crippen LogP contribution in [-0.2, 0) is 32.6 Å². The molecule has 0 aromatic heterocycles. The van der Waals surface area contributed by atoms with Gasteiger partial charge >= 0.3 is 0 Å². The Hall–Kier alpha value is -2.29. The number of nitrogens with zero attached hydrogens (tertiary/aromatic N) is 2. The molecule has 1 atom stereocenters. The third-order valence-electron chi connectivity index (χ3n) is 6.79. The molecule has 2 aromatic carbocycles. The highest BCUT2D eigenvalue weighted by Gasteiger charge is 2.33. The van der Waals surface area contributed by atoms with Crippen LogP contribution in [-0.4, -0.2) is 50.0 Å². The van der Waals surface area contributed by atoms with Crippen molar-refractivity contribution in [1.82, 2.24) is 10.2 Å². The van der Waals surface area contributed by atoms with E-state index in [1.54, 1.807) is 30.3 Å². The zero-order valence-electron chi connectivity index (χ0n) is 21.5. The van der Waals surface area contributed by atoms with Crippen LogP contribution in [0.1, 0.15) is 57.1 Å². The first-order chi connectivity index (χ1) is 17.5. The van der Waals surface area contributed by atoms with Crippen LogP contribution in [0, 0.1) is 0 Å². The van der Waals surface area contributed by atoms with Crippen molar-refractivity contribution >= 4 is 50.7 Å². The first kappa shape index (κ1) is 29.3. The van der Waals surface area contributed by atoms with E-state index in [4.69, 9.17) is 23.2 Å². The number of carbonyl (C=O) groups excluding carboxylic acids is 2. The van der Waals surface area contributed by atoms with Gasteiger partial charge in [0, 0.05) is 28.2 Å². The van der Waals surface area contributed by atoms with Crippen molar-refractivity contribution in [3.05, 3.63) is 63.6 Å². The van der Waals surface area contributed by atoms with Gasteiger partial charge in [0.15, 0.2) is 0 Å². The van der Waals surface area contributed by atoms with E-state index >= 15 is 0 Å². The molecule has 37 heavy (non-hydrogen) atoms. The molecule has 10 heteroatoms. The molecule has 0 spiro atoms. The Balaban J connectivity index is 1.96. The fraction of sp³-hybridized carbons (Fsp3) is 0.481. The van der Waals surface area contributed by atoms with Gasteiger partial charge in [0.1, 0.15) is 12.6 Å². The standard InChI is InChI=1S/C27H35Cl2N3O4S/c1-4-19-13-15-21(16-14-19)32(37(3,35)36)18-26(33)31(17-22-23(28)11-8-12-24(22)29)25(5-2)27(34)30-20-9-6-7-10-20/h8,11-16,20,25H,4-7,9-10,17-18H2,1-3H3,(H,30,34)/t25-/m1/s1. The molecule has 0 saturated heterocycles. The van der Waals surface area contributed by atoms with Crippen LogP contribution >= 0.6 is 23.2 Å². The number of anilines is 1. The first-order valence-electron chi connectivity index (χ1n) is 12.6. The van der Waals surface area contributed by atoms with Crippen LogP contribution in [0.25, 0.3) is 0 Å². The van der Waals surface area contributed by atoms with E-state index in [1.165, 1.54) is 4.90 Å². The molecular formula is C27H35Cl2N3O4S. The number of aryl methyl sites for hydroxylation is 1. The van der Waals surface area contributed by atoms with Gasteiger partial charge in [-0.1, -0.05) is 68.1 Å². The van der Waals surface area contributed by atoms with Gasteiger partial charge in [0.05, 0.1) is 11.9 Å². The SMILES string of the molecule is CCc1ccc(N(CC(=O)N(Cc2c(Cl)cccc2Cl)[C@H](CC)C(=O)NC2CCCC2)S(C)(=O)=O)cc1. The zero-order valence-corrected chi connectivity index (χ0v) is 23.9. The topological polar surface area (TPSA) is 86.8 Å². The molecule has 0 bridgehead atoms. The van der Waals surface area contributed by atoms with Gasteiger partial charge in [-0.05, 0) is 55.5 Å². The maximum absolute atomic E-state index is 13.8. The van der Waals surface area contributed by atoms with Crippen molar-refractivity contribution in [3.63, 3.8) is 0 Å². The van der Waals surface area contributed by atoms with Crippen LogP contribution in [0.5, 0.6) is 0 Å². The second kappa shape index (κ2) is 13.0. The van der Waals surface area contributed by atoms with Crippen LogP contribution in [0.4, 0.5) is 5.69 Å². The highest BCUT2D eigenvalue weighted by atomic mass is 35.5. The van der Waals surface area contributed by atoms with Gasteiger partial charge in [0.2, 0.25) is 21.8 Å².